The number of furan rings is 1. The molecule has 7 nitrogen and oxygen atoms in total. The Hall–Kier alpha value is -2.59. The maximum atomic E-state index is 13.3. The van der Waals surface area contributed by atoms with Crippen LogP contribution in [0.5, 0.6) is 0 Å². The van der Waals surface area contributed by atoms with Crippen LogP contribution in [0.15, 0.2) is 28.7 Å². The molecule has 2 fully saturated rings. The number of aliphatic hydroxyl groups excluding tert-OH is 1. The zero-order valence-electron chi connectivity index (χ0n) is 18.5. The maximum Gasteiger partial charge on any atom is 0.490 e. The lowest BCUT2D eigenvalue weighted by Crippen LogP contribution is -2.38. The fourth-order valence-corrected chi connectivity index (χ4v) is 4.33. The van der Waals surface area contributed by atoms with E-state index in [0.717, 1.165) is 80.6 Å². The summed E-state index contributed by atoms with van der Waals surface area (Å²) in [7, 11) is 0. The molecule has 2 aliphatic rings. The van der Waals surface area contributed by atoms with Crippen LogP contribution in [-0.4, -0.2) is 76.4 Å². The average Bonchev–Trinajstić information content (AvgIpc) is 3.49. The van der Waals surface area contributed by atoms with Crippen LogP contribution in [0.3, 0.4) is 0 Å². The monoisotopic (exact) mass is 470 g/mol. The highest BCUT2D eigenvalue weighted by Crippen LogP contribution is 2.30. The Morgan fingerprint density at radius 2 is 1.85 bits per heavy atom. The molecule has 0 aliphatic carbocycles. The molecule has 1 aromatic heterocycles. The van der Waals surface area contributed by atoms with E-state index < -0.39 is 12.1 Å². The Bertz CT molecular complexity index is 975. The number of aryl methyl sites for hydroxylation is 1. The predicted octanol–water partition coefficient (Wildman–Crippen LogP) is 3.69. The van der Waals surface area contributed by atoms with Crippen LogP contribution in [0.2, 0.25) is 0 Å². The van der Waals surface area contributed by atoms with Crippen molar-refractivity contribution in [1.82, 2.24) is 9.80 Å². The Morgan fingerprint density at radius 1 is 1.15 bits per heavy atom. The Balaban J connectivity index is 0.000000383. The molecule has 0 saturated carbocycles. The number of fused-ring (bicyclic) bond motifs is 1. The van der Waals surface area contributed by atoms with Crippen molar-refractivity contribution in [3.05, 3.63) is 35.6 Å². The van der Waals surface area contributed by atoms with Gasteiger partial charge in [0.25, 0.3) is 5.91 Å². The number of unbranched alkanes of at least 4 members (excludes halogenated alkanes) is 1. The number of β-amino-alcohol motifs (C(OH)–C–C–N with tert-alkyl or cyclic N) is 1. The molecule has 2 unspecified atom stereocenters. The van der Waals surface area contributed by atoms with E-state index in [1.165, 1.54) is 0 Å². The van der Waals surface area contributed by atoms with Crippen molar-refractivity contribution in [2.45, 2.75) is 57.3 Å². The smallest absolute Gasteiger partial charge is 0.475 e. The number of likely N-dealkylation sites (tertiary alicyclic amines) is 2. The van der Waals surface area contributed by atoms with Gasteiger partial charge in [0.05, 0.1) is 11.7 Å². The lowest BCUT2D eigenvalue weighted by Gasteiger charge is -2.23. The van der Waals surface area contributed by atoms with E-state index in [2.05, 4.69) is 11.8 Å². The number of halogens is 3. The van der Waals surface area contributed by atoms with Crippen LogP contribution in [0.25, 0.3) is 11.0 Å². The third-order valence-electron chi connectivity index (χ3n) is 6.04. The van der Waals surface area contributed by atoms with E-state index in [9.17, 15) is 23.1 Å². The molecule has 2 aliphatic heterocycles. The molecule has 2 saturated heterocycles. The fraction of sp³-hybridized carbons (Fsp3) is 0.565. The van der Waals surface area contributed by atoms with Gasteiger partial charge in [0, 0.05) is 44.0 Å². The van der Waals surface area contributed by atoms with Gasteiger partial charge in [-0.15, -0.1) is 0 Å². The van der Waals surface area contributed by atoms with E-state index in [-0.39, 0.29) is 12.0 Å². The van der Waals surface area contributed by atoms with Crippen LogP contribution in [0.4, 0.5) is 13.2 Å². The third-order valence-corrected chi connectivity index (χ3v) is 6.04. The minimum atomic E-state index is -5.08. The molecule has 2 aromatic rings. The summed E-state index contributed by atoms with van der Waals surface area (Å²) in [6.45, 7) is 5.36. The van der Waals surface area contributed by atoms with E-state index in [0.29, 0.717) is 6.04 Å². The number of benzene rings is 1. The number of nitrogens with zero attached hydrogens (tertiary/aromatic N) is 2. The number of hydrogen-bond donors (Lipinski definition) is 2. The summed E-state index contributed by atoms with van der Waals surface area (Å²) < 4.78 is 37.8. The lowest BCUT2D eigenvalue weighted by atomic mass is 10.1. The number of hydrogen-bond acceptors (Lipinski definition) is 5. The molecule has 1 aromatic carbocycles. The van der Waals surface area contributed by atoms with Crippen molar-refractivity contribution >= 4 is 22.8 Å². The molecule has 2 N–H and O–H groups in total. The van der Waals surface area contributed by atoms with Gasteiger partial charge in [-0.3, -0.25) is 9.69 Å². The van der Waals surface area contributed by atoms with Crippen molar-refractivity contribution in [3.8, 4) is 0 Å². The van der Waals surface area contributed by atoms with Gasteiger partial charge in [-0.1, -0.05) is 31.5 Å². The molecule has 1 amide bonds. The summed E-state index contributed by atoms with van der Waals surface area (Å²) in [5.74, 6) is -1.83. The molecule has 33 heavy (non-hydrogen) atoms. The predicted molar refractivity (Wildman–Crippen MR) is 115 cm³/mol. The number of carboxylic acid groups (broad SMARTS) is 1. The van der Waals surface area contributed by atoms with Crippen molar-refractivity contribution < 1.29 is 37.4 Å². The van der Waals surface area contributed by atoms with Crippen LogP contribution in [0.1, 0.15) is 48.7 Å². The Labute approximate surface area is 189 Å². The van der Waals surface area contributed by atoms with Gasteiger partial charge in [-0.05, 0) is 25.3 Å². The number of amides is 1. The van der Waals surface area contributed by atoms with Crippen LogP contribution in [-0.2, 0) is 11.2 Å². The van der Waals surface area contributed by atoms with Crippen LogP contribution in [0, 0.1) is 0 Å². The van der Waals surface area contributed by atoms with Crippen molar-refractivity contribution in [3.63, 3.8) is 0 Å². The molecule has 10 heteroatoms. The van der Waals surface area contributed by atoms with Gasteiger partial charge in [0.15, 0.2) is 0 Å². The highest BCUT2D eigenvalue weighted by molar-refractivity contribution is 6.07. The minimum Gasteiger partial charge on any atom is -0.475 e. The van der Waals surface area contributed by atoms with Gasteiger partial charge >= 0.3 is 12.1 Å². The second kappa shape index (κ2) is 10.6. The average molecular weight is 470 g/mol. The number of carbonyl (C=O) groups excluding carboxylic acids is 1. The van der Waals surface area contributed by atoms with E-state index in [1.54, 1.807) is 0 Å². The largest absolute Gasteiger partial charge is 0.490 e. The second-order valence-corrected chi connectivity index (χ2v) is 8.43. The number of carboxylic acids is 1. The maximum absolute atomic E-state index is 13.3. The summed E-state index contributed by atoms with van der Waals surface area (Å²) in [6, 6.07) is 8.23. The summed E-state index contributed by atoms with van der Waals surface area (Å²) in [5.41, 5.74) is 1.57. The summed E-state index contributed by atoms with van der Waals surface area (Å²) in [6.07, 6.45) is -0.557. The third kappa shape index (κ3) is 6.05. The second-order valence-electron chi connectivity index (χ2n) is 8.43. The minimum absolute atomic E-state index is 0.100. The lowest BCUT2D eigenvalue weighted by molar-refractivity contribution is -0.192. The molecular weight excluding hydrogens is 441 g/mol. The van der Waals surface area contributed by atoms with Crippen LogP contribution < -0.4 is 0 Å². The topological polar surface area (TPSA) is 94.2 Å². The first-order valence-electron chi connectivity index (χ1n) is 11.1. The van der Waals surface area contributed by atoms with Gasteiger partial charge in [-0.25, -0.2) is 4.79 Å². The highest BCUT2D eigenvalue weighted by atomic mass is 19.4. The zero-order chi connectivity index (χ0) is 24.2. The van der Waals surface area contributed by atoms with Gasteiger partial charge < -0.3 is 19.5 Å². The quantitative estimate of drug-likeness (QED) is 0.692. The first-order valence-corrected chi connectivity index (χ1v) is 11.1. The molecular formula is C23H29F3N2O5. The van der Waals surface area contributed by atoms with Gasteiger partial charge in [0.2, 0.25) is 0 Å². The molecule has 0 spiro atoms. The van der Waals surface area contributed by atoms with E-state index >= 15 is 0 Å². The number of rotatable bonds is 5. The van der Waals surface area contributed by atoms with Gasteiger partial charge in [0.1, 0.15) is 11.3 Å². The standard InChI is InChI=1S/C21H28N2O3.C2HF3O2/c1-2-3-7-19-20(17-6-4-5-8-18(17)26-19)21(25)23-11-9-15(13-23)22-12-10-16(24)14-22;3-2(4,5)1(6)7/h4-6,8,15-16,24H,2-3,7,9-14H2,1H3;(H,6,7). The molecule has 3 heterocycles. The number of carbonyl (C=O) groups is 2. The number of aliphatic hydroxyl groups is 1. The summed E-state index contributed by atoms with van der Waals surface area (Å²) >= 11 is 0. The van der Waals surface area contributed by atoms with Crippen molar-refractivity contribution in [2.75, 3.05) is 26.2 Å². The summed E-state index contributed by atoms with van der Waals surface area (Å²) in [5, 5.41) is 17.8. The first kappa shape index (κ1) is 25.0. The first-order chi connectivity index (χ1) is 15.6. The number of aliphatic carboxylic acids is 1. The fourth-order valence-electron chi connectivity index (χ4n) is 4.33. The molecule has 4 rings (SSSR count). The zero-order valence-corrected chi connectivity index (χ0v) is 18.5. The van der Waals surface area contributed by atoms with Crippen molar-refractivity contribution in [2.24, 2.45) is 0 Å². The molecule has 0 radical (unpaired) electrons. The normalized spacial score (nSPS) is 21.3. The Kier molecular flexibility index (Phi) is 8.01. The highest BCUT2D eigenvalue weighted by Gasteiger charge is 2.38. The van der Waals surface area contributed by atoms with Crippen LogP contribution >= 0.6 is 0 Å². The molecule has 2 atom stereocenters. The molecule has 182 valence electrons. The summed E-state index contributed by atoms with van der Waals surface area (Å²) in [4.78, 5) is 26.5. The molecule has 0 bridgehead atoms. The number of alkyl halides is 3. The van der Waals surface area contributed by atoms with E-state index in [4.69, 9.17) is 14.3 Å². The van der Waals surface area contributed by atoms with Crippen molar-refractivity contribution in [1.29, 1.82) is 0 Å². The number of para-hydroxylation sites is 1. The van der Waals surface area contributed by atoms with E-state index in [1.807, 2.05) is 29.2 Å². The Morgan fingerprint density at radius 3 is 2.45 bits per heavy atom. The van der Waals surface area contributed by atoms with Gasteiger partial charge in [-0.2, -0.15) is 13.2 Å². The SMILES string of the molecule is CCCCc1oc2ccccc2c1C(=O)N1CCC(N2CCC(O)C2)C1.O=C(O)C(F)(F)F.